The molecule has 2 rings (SSSR count). The van der Waals surface area contributed by atoms with Gasteiger partial charge in [0.15, 0.2) is 0 Å². The van der Waals surface area contributed by atoms with Crippen LogP contribution in [-0.2, 0) is 6.54 Å². The minimum atomic E-state index is -0.186. The maximum atomic E-state index is 13.3. The number of benzene rings is 1. The van der Waals surface area contributed by atoms with Crippen molar-refractivity contribution in [3.05, 3.63) is 47.0 Å². The number of nitrogens with one attached hydrogen (secondary N) is 2. The lowest BCUT2D eigenvalue weighted by Crippen LogP contribution is -2.00. The summed E-state index contributed by atoms with van der Waals surface area (Å²) in [4.78, 5) is 0. The Balaban J connectivity index is 2.05. The van der Waals surface area contributed by atoms with Crippen molar-refractivity contribution < 1.29 is 4.39 Å². The third kappa shape index (κ3) is 2.21. The van der Waals surface area contributed by atoms with Crippen LogP contribution < -0.4 is 5.32 Å². The molecule has 0 spiro atoms. The molecule has 0 unspecified atom stereocenters. The summed E-state index contributed by atoms with van der Waals surface area (Å²) in [6, 6.07) is 5.14. The molecule has 0 radical (unpaired) electrons. The van der Waals surface area contributed by atoms with Crippen molar-refractivity contribution in [2.45, 2.75) is 20.4 Å². The molecular formula is C12H14FN3. The van der Waals surface area contributed by atoms with Crippen LogP contribution >= 0.6 is 0 Å². The van der Waals surface area contributed by atoms with Crippen LogP contribution in [0, 0.1) is 19.7 Å². The van der Waals surface area contributed by atoms with Gasteiger partial charge >= 0.3 is 0 Å². The van der Waals surface area contributed by atoms with Gasteiger partial charge in [-0.15, -0.1) is 0 Å². The van der Waals surface area contributed by atoms with Crippen LogP contribution in [0.25, 0.3) is 0 Å². The zero-order valence-electron chi connectivity index (χ0n) is 9.34. The Bertz CT molecular complexity index is 491. The van der Waals surface area contributed by atoms with E-state index in [1.165, 1.54) is 6.07 Å². The predicted octanol–water partition coefficient (Wildman–Crippen LogP) is 2.78. The number of anilines is 1. The summed E-state index contributed by atoms with van der Waals surface area (Å²) in [6.07, 6.45) is 1.77. The lowest BCUT2D eigenvalue weighted by Gasteiger charge is -2.06. The Labute approximate surface area is 93.7 Å². The number of rotatable bonds is 3. The van der Waals surface area contributed by atoms with Gasteiger partial charge in [-0.3, -0.25) is 5.10 Å². The fourth-order valence-corrected chi connectivity index (χ4v) is 1.45. The fourth-order valence-electron chi connectivity index (χ4n) is 1.45. The molecule has 0 atom stereocenters. The van der Waals surface area contributed by atoms with E-state index in [4.69, 9.17) is 0 Å². The normalized spacial score (nSPS) is 10.4. The number of H-pyrrole nitrogens is 1. The minimum Gasteiger partial charge on any atom is -0.381 e. The summed E-state index contributed by atoms with van der Waals surface area (Å²) in [6.45, 7) is 4.35. The number of hydrogen-bond donors (Lipinski definition) is 2. The molecule has 2 N–H and O–H groups in total. The summed E-state index contributed by atoms with van der Waals surface area (Å²) in [7, 11) is 0. The Morgan fingerprint density at radius 2 is 2.19 bits per heavy atom. The van der Waals surface area contributed by atoms with Crippen molar-refractivity contribution in [2.75, 3.05) is 5.32 Å². The summed E-state index contributed by atoms with van der Waals surface area (Å²) in [5.74, 6) is -0.186. The highest BCUT2D eigenvalue weighted by atomic mass is 19.1. The van der Waals surface area contributed by atoms with E-state index in [-0.39, 0.29) is 5.82 Å². The molecule has 0 saturated heterocycles. The summed E-state index contributed by atoms with van der Waals surface area (Å²) < 4.78 is 13.3. The standard InChI is InChI=1S/C12H14FN3/c1-8-3-4-11(5-12(8)13)14-6-10-7-15-16-9(10)2/h3-5,7,14H,6H2,1-2H3,(H,15,16). The molecule has 0 aliphatic heterocycles. The van der Waals surface area contributed by atoms with Gasteiger partial charge in [-0.2, -0.15) is 5.10 Å². The van der Waals surface area contributed by atoms with Gasteiger partial charge in [-0.1, -0.05) is 6.07 Å². The molecule has 0 aliphatic rings. The first-order valence-electron chi connectivity index (χ1n) is 5.15. The molecule has 0 aliphatic carbocycles. The monoisotopic (exact) mass is 219 g/mol. The van der Waals surface area contributed by atoms with E-state index in [9.17, 15) is 4.39 Å². The van der Waals surface area contributed by atoms with Crippen LogP contribution in [0.2, 0.25) is 0 Å². The van der Waals surface area contributed by atoms with Gasteiger partial charge in [0.05, 0.1) is 6.20 Å². The Morgan fingerprint density at radius 3 is 2.81 bits per heavy atom. The third-order valence-corrected chi connectivity index (χ3v) is 2.59. The smallest absolute Gasteiger partial charge is 0.128 e. The van der Waals surface area contributed by atoms with Crippen molar-refractivity contribution in [3.8, 4) is 0 Å². The topological polar surface area (TPSA) is 40.7 Å². The Hall–Kier alpha value is -1.84. The van der Waals surface area contributed by atoms with Gasteiger partial charge in [-0.05, 0) is 31.5 Å². The van der Waals surface area contributed by atoms with Gasteiger partial charge in [0.25, 0.3) is 0 Å². The number of hydrogen-bond acceptors (Lipinski definition) is 2. The minimum absolute atomic E-state index is 0.186. The van der Waals surface area contributed by atoms with E-state index in [1.54, 1.807) is 19.2 Å². The van der Waals surface area contributed by atoms with Crippen LogP contribution in [0.15, 0.2) is 24.4 Å². The highest BCUT2D eigenvalue weighted by Crippen LogP contribution is 2.15. The molecule has 0 amide bonds. The predicted molar refractivity (Wildman–Crippen MR) is 61.8 cm³/mol. The first-order valence-corrected chi connectivity index (χ1v) is 5.15. The quantitative estimate of drug-likeness (QED) is 0.833. The number of aromatic amines is 1. The molecule has 16 heavy (non-hydrogen) atoms. The number of nitrogens with zero attached hydrogens (tertiary/aromatic N) is 1. The largest absolute Gasteiger partial charge is 0.381 e. The van der Waals surface area contributed by atoms with Gasteiger partial charge in [0.1, 0.15) is 5.82 Å². The van der Waals surface area contributed by atoms with Crippen molar-refractivity contribution in [3.63, 3.8) is 0 Å². The molecule has 3 nitrogen and oxygen atoms in total. The first-order chi connectivity index (χ1) is 7.66. The zero-order valence-corrected chi connectivity index (χ0v) is 9.34. The maximum Gasteiger partial charge on any atom is 0.128 e. The van der Waals surface area contributed by atoms with Gasteiger partial charge in [0.2, 0.25) is 0 Å². The summed E-state index contributed by atoms with van der Waals surface area (Å²) in [5, 5.41) is 9.94. The average molecular weight is 219 g/mol. The van der Waals surface area contributed by atoms with E-state index in [0.29, 0.717) is 12.1 Å². The summed E-state index contributed by atoms with van der Waals surface area (Å²) >= 11 is 0. The van der Waals surface area contributed by atoms with Crippen molar-refractivity contribution in [1.29, 1.82) is 0 Å². The highest BCUT2D eigenvalue weighted by Gasteiger charge is 2.02. The Morgan fingerprint density at radius 1 is 1.38 bits per heavy atom. The van der Waals surface area contributed by atoms with Gasteiger partial charge in [0, 0.05) is 23.5 Å². The zero-order chi connectivity index (χ0) is 11.5. The second-order valence-electron chi connectivity index (χ2n) is 3.84. The van der Waals surface area contributed by atoms with Crippen LogP contribution in [0.4, 0.5) is 10.1 Å². The molecule has 1 aromatic heterocycles. The van der Waals surface area contributed by atoms with Gasteiger partial charge in [-0.25, -0.2) is 4.39 Å². The molecule has 84 valence electrons. The maximum absolute atomic E-state index is 13.3. The second kappa shape index (κ2) is 4.35. The first kappa shape index (κ1) is 10.7. The van der Waals surface area contributed by atoms with Gasteiger partial charge < -0.3 is 5.32 Å². The molecule has 0 fully saturated rings. The highest BCUT2D eigenvalue weighted by molar-refractivity contribution is 5.45. The van der Waals surface area contributed by atoms with E-state index in [1.807, 2.05) is 13.0 Å². The lowest BCUT2D eigenvalue weighted by atomic mass is 10.2. The van der Waals surface area contributed by atoms with E-state index < -0.39 is 0 Å². The molecular weight excluding hydrogens is 205 g/mol. The van der Waals surface area contributed by atoms with Crippen LogP contribution in [0.5, 0.6) is 0 Å². The third-order valence-electron chi connectivity index (χ3n) is 2.59. The second-order valence-corrected chi connectivity index (χ2v) is 3.84. The van der Waals surface area contributed by atoms with Crippen LogP contribution in [-0.4, -0.2) is 10.2 Å². The van der Waals surface area contributed by atoms with Crippen molar-refractivity contribution >= 4 is 5.69 Å². The van der Waals surface area contributed by atoms with E-state index in [2.05, 4.69) is 15.5 Å². The van der Waals surface area contributed by atoms with Crippen LogP contribution in [0.3, 0.4) is 0 Å². The van der Waals surface area contributed by atoms with Crippen molar-refractivity contribution in [2.24, 2.45) is 0 Å². The van der Waals surface area contributed by atoms with E-state index in [0.717, 1.165) is 16.9 Å². The SMILES string of the molecule is Cc1ccc(NCc2cn[nH]c2C)cc1F. The Kier molecular flexibility index (Phi) is 2.90. The number of aryl methyl sites for hydroxylation is 2. The number of aromatic nitrogens is 2. The number of halogens is 1. The lowest BCUT2D eigenvalue weighted by molar-refractivity contribution is 0.619. The summed E-state index contributed by atoms with van der Waals surface area (Å²) in [5.41, 5.74) is 3.55. The van der Waals surface area contributed by atoms with Crippen LogP contribution in [0.1, 0.15) is 16.8 Å². The molecule has 0 bridgehead atoms. The molecule has 2 aromatic rings. The fraction of sp³-hybridized carbons (Fsp3) is 0.250. The molecule has 0 saturated carbocycles. The molecule has 4 heteroatoms. The van der Waals surface area contributed by atoms with E-state index >= 15 is 0 Å². The average Bonchev–Trinajstić information content (AvgIpc) is 2.66. The molecule has 1 aromatic carbocycles. The van der Waals surface area contributed by atoms with Crippen molar-refractivity contribution in [1.82, 2.24) is 10.2 Å². The molecule has 1 heterocycles.